The Kier molecular flexibility index (Phi) is 2.11. The minimum atomic E-state index is -0.361. The monoisotopic (exact) mass is 178 g/mol. The van der Waals surface area contributed by atoms with Crippen LogP contribution in [0.4, 0.5) is 0 Å². The van der Waals surface area contributed by atoms with E-state index in [2.05, 4.69) is 0 Å². The molecule has 0 saturated carbocycles. The minimum absolute atomic E-state index is 0.170. The highest BCUT2D eigenvalue weighted by atomic mass is 32.1. The third kappa shape index (κ3) is 1.36. The molecule has 2 rings (SSSR count). The van der Waals surface area contributed by atoms with Crippen LogP contribution in [0.3, 0.4) is 0 Å². The minimum Gasteiger partial charge on any atom is -0.387 e. The average Bonchev–Trinajstić information content (AvgIpc) is 2.77. The molecular formula is C10H10OS. The fraction of sp³-hybridized carbons (Fsp3) is 0.200. The molecule has 1 nitrogen and oxygen atoms in total. The van der Waals surface area contributed by atoms with Crippen LogP contribution in [-0.4, -0.2) is 5.11 Å². The zero-order valence-corrected chi connectivity index (χ0v) is 7.37. The molecule has 1 aromatic rings. The zero-order valence-electron chi connectivity index (χ0n) is 6.55. The van der Waals surface area contributed by atoms with Crippen LogP contribution in [0.2, 0.25) is 0 Å². The molecule has 1 aromatic heterocycles. The quantitative estimate of drug-likeness (QED) is 0.737. The van der Waals surface area contributed by atoms with E-state index in [0.717, 1.165) is 4.88 Å². The molecule has 0 saturated heterocycles. The fourth-order valence-corrected chi connectivity index (χ4v) is 2.08. The van der Waals surface area contributed by atoms with Gasteiger partial charge in [0.1, 0.15) is 0 Å². The first-order valence-electron chi connectivity index (χ1n) is 3.94. The lowest BCUT2D eigenvalue weighted by atomic mass is 10.0. The van der Waals surface area contributed by atoms with Crippen LogP contribution in [0.25, 0.3) is 0 Å². The molecule has 0 aliphatic heterocycles. The normalized spacial score (nSPS) is 18.8. The van der Waals surface area contributed by atoms with E-state index < -0.39 is 0 Å². The fourth-order valence-electron chi connectivity index (χ4n) is 1.31. The summed E-state index contributed by atoms with van der Waals surface area (Å²) in [5, 5.41) is 11.8. The smallest absolute Gasteiger partial charge is 0.0978 e. The number of aliphatic hydroxyl groups is 1. The molecule has 0 fully saturated rings. The number of hydrogen-bond acceptors (Lipinski definition) is 2. The number of aliphatic hydroxyl groups excluding tert-OH is 1. The summed E-state index contributed by atoms with van der Waals surface area (Å²) in [6.07, 6.45) is 7.62. The van der Waals surface area contributed by atoms with Crippen LogP contribution in [0.5, 0.6) is 0 Å². The van der Waals surface area contributed by atoms with Crippen molar-refractivity contribution >= 4 is 11.3 Å². The highest BCUT2D eigenvalue weighted by molar-refractivity contribution is 7.10. The van der Waals surface area contributed by atoms with Crippen LogP contribution in [0.1, 0.15) is 11.0 Å². The van der Waals surface area contributed by atoms with Crippen molar-refractivity contribution in [3.63, 3.8) is 0 Å². The van der Waals surface area contributed by atoms with E-state index in [1.807, 2.05) is 41.8 Å². The summed E-state index contributed by atoms with van der Waals surface area (Å²) in [7, 11) is 0. The van der Waals surface area contributed by atoms with E-state index in [0.29, 0.717) is 0 Å². The molecular weight excluding hydrogens is 168 g/mol. The Labute approximate surface area is 75.7 Å². The predicted octanol–water partition coefficient (Wildman–Crippen LogP) is 2.52. The second kappa shape index (κ2) is 3.25. The van der Waals surface area contributed by atoms with Gasteiger partial charge < -0.3 is 5.11 Å². The molecule has 1 aliphatic rings. The van der Waals surface area contributed by atoms with Gasteiger partial charge in [-0.2, -0.15) is 0 Å². The van der Waals surface area contributed by atoms with Crippen molar-refractivity contribution in [2.75, 3.05) is 0 Å². The van der Waals surface area contributed by atoms with Gasteiger partial charge in [-0.3, -0.25) is 0 Å². The van der Waals surface area contributed by atoms with E-state index in [1.165, 1.54) is 0 Å². The molecule has 2 heteroatoms. The third-order valence-corrected chi connectivity index (χ3v) is 2.92. The van der Waals surface area contributed by atoms with Crippen LogP contribution in [0, 0.1) is 5.92 Å². The van der Waals surface area contributed by atoms with Crippen molar-refractivity contribution in [3.05, 3.63) is 46.7 Å². The van der Waals surface area contributed by atoms with Crippen LogP contribution in [-0.2, 0) is 0 Å². The lowest BCUT2D eigenvalue weighted by Gasteiger charge is -2.12. The zero-order chi connectivity index (χ0) is 8.39. The van der Waals surface area contributed by atoms with Gasteiger partial charge in [-0.15, -0.1) is 11.3 Å². The maximum absolute atomic E-state index is 9.82. The van der Waals surface area contributed by atoms with Gasteiger partial charge in [0.25, 0.3) is 0 Å². The molecule has 0 aromatic carbocycles. The molecule has 1 atom stereocenters. The van der Waals surface area contributed by atoms with Gasteiger partial charge in [-0.1, -0.05) is 30.4 Å². The van der Waals surface area contributed by atoms with E-state index in [4.69, 9.17) is 0 Å². The molecule has 1 N–H and O–H groups in total. The molecule has 1 heterocycles. The topological polar surface area (TPSA) is 20.2 Å². The van der Waals surface area contributed by atoms with E-state index in [-0.39, 0.29) is 12.0 Å². The van der Waals surface area contributed by atoms with Crippen molar-refractivity contribution < 1.29 is 5.11 Å². The summed E-state index contributed by atoms with van der Waals surface area (Å²) >= 11 is 1.60. The van der Waals surface area contributed by atoms with Gasteiger partial charge in [0.05, 0.1) is 6.10 Å². The highest BCUT2D eigenvalue weighted by Crippen LogP contribution is 2.29. The number of rotatable bonds is 2. The lowest BCUT2D eigenvalue weighted by Crippen LogP contribution is -2.04. The highest BCUT2D eigenvalue weighted by Gasteiger charge is 2.17. The largest absolute Gasteiger partial charge is 0.387 e. The summed E-state index contributed by atoms with van der Waals surface area (Å²) in [5.41, 5.74) is 0. The number of thiophene rings is 1. The molecule has 0 spiro atoms. The maximum atomic E-state index is 9.82. The van der Waals surface area contributed by atoms with Crippen molar-refractivity contribution in [1.29, 1.82) is 0 Å². The Morgan fingerprint density at radius 2 is 2.08 bits per heavy atom. The molecule has 0 bridgehead atoms. The standard InChI is InChI=1S/C10H10OS/c11-10(8-4-1-2-5-8)9-6-3-7-12-9/h1-8,10-11H. The maximum Gasteiger partial charge on any atom is 0.0978 e. The summed E-state index contributed by atoms with van der Waals surface area (Å²) in [5.74, 6) is 0.170. The Bertz CT molecular complexity index is 286. The summed E-state index contributed by atoms with van der Waals surface area (Å²) in [6.45, 7) is 0. The van der Waals surface area contributed by atoms with E-state index in [1.54, 1.807) is 11.3 Å². The van der Waals surface area contributed by atoms with Gasteiger partial charge in [0.2, 0.25) is 0 Å². The predicted molar refractivity (Wildman–Crippen MR) is 51.0 cm³/mol. The van der Waals surface area contributed by atoms with Crippen LogP contribution >= 0.6 is 11.3 Å². The van der Waals surface area contributed by atoms with Gasteiger partial charge in [0.15, 0.2) is 0 Å². The van der Waals surface area contributed by atoms with Crippen molar-refractivity contribution in [2.24, 2.45) is 5.92 Å². The Balaban J connectivity index is 2.15. The van der Waals surface area contributed by atoms with Crippen molar-refractivity contribution in [3.8, 4) is 0 Å². The average molecular weight is 178 g/mol. The van der Waals surface area contributed by atoms with Gasteiger partial charge in [0, 0.05) is 10.8 Å². The molecule has 1 aliphatic carbocycles. The number of hydrogen-bond donors (Lipinski definition) is 1. The lowest BCUT2D eigenvalue weighted by molar-refractivity contribution is 0.156. The first kappa shape index (κ1) is 7.77. The number of allylic oxidation sites excluding steroid dienone is 2. The first-order valence-corrected chi connectivity index (χ1v) is 4.82. The summed E-state index contributed by atoms with van der Waals surface area (Å²) in [6, 6.07) is 3.93. The molecule has 0 radical (unpaired) electrons. The van der Waals surface area contributed by atoms with Gasteiger partial charge in [-0.05, 0) is 11.4 Å². The Hall–Kier alpha value is -0.860. The SMILES string of the molecule is OC(c1cccs1)C1C=CC=C1. The Morgan fingerprint density at radius 3 is 2.67 bits per heavy atom. The van der Waals surface area contributed by atoms with E-state index >= 15 is 0 Å². The third-order valence-electron chi connectivity index (χ3n) is 1.98. The second-order valence-corrected chi connectivity index (χ2v) is 3.79. The van der Waals surface area contributed by atoms with Crippen LogP contribution < -0.4 is 0 Å². The van der Waals surface area contributed by atoms with E-state index in [9.17, 15) is 5.11 Å². The second-order valence-electron chi connectivity index (χ2n) is 2.81. The molecule has 12 heavy (non-hydrogen) atoms. The molecule has 0 amide bonds. The van der Waals surface area contributed by atoms with Crippen LogP contribution in [0.15, 0.2) is 41.8 Å². The van der Waals surface area contributed by atoms with Crippen molar-refractivity contribution in [1.82, 2.24) is 0 Å². The molecule has 1 unspecified atom stereocenters. The van der Waals surface area contributed by atoms with Gasteiger partial charge >= 0.3 is 0 Å². The first-order chi connectivity index (χ1) is 5.88. The Morgan fingerprint density at radius 1 is 1.33 bits per heavy atom. The summed E-state index contributed by atoms with van der Waals surface area (Å²) < 4.78 is 0. The summed E-state index contributed by atoms with van der Waals surface area (Å²) in [4.78, 5) is 1.04. The molecule has 62 valence electrons. The van der Waals surface area contributed by atoms with Gasteiger partial charge in [-0.25, -0.2) is 0 Å². The van der Waals surface area contributed by atoms with Crippen molar-refractivity contribution in [2.45, 2.75) is 6.10 Å².